The molecule has 9 aromatic rings. The van der Waals surface area contributed by atoms with Gasteiger partial charge in [0.2, 0.25) is 5.95 Å². The average Bonchev–Trinajstić information content (AvgIpc) is 3.59. The second kappa shape index (κ2) is 8.37. The highest BCUT2D eigenvalue weighted by atomic mass is 15.2. The molecule has 3 heteroatoms. The summed E-state index contributed by atoms with van der Waals surface area (Å²) in [4.78, 5) is 10.6. The van der Waals surface area contributed by atoms with E-state index in [0.717, 1.165) is 33.2 Å². The van der Waals surface area contributed by atoms with Crippen molar-refractivity contribution in [1.29, 1.82) is 0 Å². The Morgan fingerprint density at radius 1 is 0.442 bits per heavy atom. The molecule has 0 fully saturated rings. The predicted molar refractivity (Wildman–Crippen MR) is 179 cm³/mol. The molecule has 198 valence electrons. The van der Waals surface area contributed by atoms with E-state index in [0.29, 0.717) is 5.95 Å². The summed E-state index contributed by atoms with van der Waals surface area (Å²) >= 11 is 0. The lowest BCUT2D eigenvalue weighted by atomic mass is 9.97. The fourth-order valence-corrected chi connectivity index (χ4v) is 7.33. The molecule has 2 heterocycles. The maximum Gasteiger partial charge on any atom is 0.235 e. The van der Waals surface area contributed by atoms with Gasteiger partial charge in [-0.25, -0.2) is 9.97 Å². The minimum absolute atomic E-state index is 0.684. The smallest absolute Gasteiger partial charge is 0.235 e. The van der Waals surface area contributed by atoms with E-state index in [1.807, 2.05) is 6.07 Å². The molecule has 3 nitrogen and oxygen atoms in total. The van der Waals surface area contributed by atoms with E-state index in [4.69, 9.17) is 9.97 Å². The van der Waals surface area contributed by atoms with E-state index in [1.165, 1.54) is 54.6 Å². The molecule has 0 saturated carbocycles. The highest BCUT2D eigenvalue weighted by molar-refractivity contribution is 6.31. The van der Waals surface area contributed by atoms with Crippen LogP contribution in [0.25, 0.3) is 93.7 Å². The zero-order valence-electron chi connectivity index (χ0n) is 23.1. The van der Waals surface area contributed by atoms with Gasteiger partial charge in [0.05, 0.1) is 22.2 Å². The van der Waals surface area contributed by atoms with Crippen molar-refractivity contribution in [3.8, 4) is 39.5 Å². The van der Waals surface area contributed by atoms with E-state index < -0.39 is 0 Å². The predicted octanol–water partition coefficient (Wildman–Crippen LogP) is 10.3. The zero-order valence-corrected chi connectivity index (χ0v) is 23.1. The van der Waals surface area contributed by atoms with E-state index in [9.17, 15) is 0 Å². The highest BCUT2D eigenvalue weighted by Gasteiger charge is 2.27. The molecule has 43 heavy (non-hydrogen) atoms. The van der Waals surface area contributed by atoms with Gasteiger partial charge in [-0.15, -0.1) is 0 Å². The lowest BCUT2D eigenvalue weighted by Crippen LogP contribution is -2.03. The van der Waals surface area contributed by atoms with Gasteiger partial charge in [-0.1, -0.05) is 121 Å². The van der Waals surface area contributed by atoms with Gasteiger partial charge in [0.1, 0.15) is 0 Å². The molecule has 0 unspecified atom stereocenters. The summed E-state index contributed by atoms with van der Waals surface area (Å²) in [6.07, 6.45) is 0. The SMILES string of the molecule is c1ccc(-c2nc(-n3c4ccc5ccccc5c4c4cc5c6c(cccc6c43)-c3ccccc3-5)nc3ccccc23)cc1. The number of aromatic nitrogens is 3. The lowest BCUT2D eigenvalue weighted by Gasteiger charge is -2.13. The van der Waals surface area contributed by atoms with Crippen molar-refractivity contribution in [2.24, 2.45) is 0 Å². The number of hydrogen-bond acceptors (Lipinski definition) is 2. The summed E-state index contributed by atoms with van der Waals surface area (Å²) in [5, 5.41) is 8.49. The number of nitrogens with zero attached hydrogens (tertiary/aromatic N) is 3. The van der Waals surface area contributed by atoms with Gasteiger partial charge in [-0.2, -0.15) is 0 Å². The van der Waals surface area contributed by atoms with Gasteiger partial charge in [0.25, 0.3) is 0 Å². The highest BCUT2D eigenvalue weighted by Crippen LogP contribution is 2.51. The van der Waals surface area contributed by atoms with Crippen LogP contribution in [-0.4, -0.2) is 14.5 Å². The van der Waals surface area contributed by atoms with Crippen LogP contribution in [0.2, 0.25) is 0 Å². The van der Waals surface area contributed by atoms with Crippen LogP contribution in [0.5, 0.6) is 0 Å². The van der Waals surface area contributed by atoms with Gasteiger partial charge >= 0.3 is 0 Å². The molecule has 7 aromatic carbocycles. The van der Waals surface area contributed by atoms with Gasteiger partial charge in [0, 0.05) is 27.1 Å². The Bertz CT molecular complexity index is 2610. The quantitative estimate of drug-likeness (QED) is 0.216. The van der Waals surface area contributed by atoms with Crippen molar-refractivity contribution in [1.82, 2.24) is 14.5 Å². The molecule has 0 N–H and O–H groups in total. The van der Waals surface area contributed by atoms with Crippen molar-refractivity contribution < 1.29 is 0 Å². The van der Waals surface area contributed by atoms with Crippen LogP contribution >= 0.6 is 0 Å². The summed E-state index contributed by atoms with van der Waals surface area (Å²) in [6, 6.07) is 49.9. The van der Waals surface area contributed by atoms with Crippen LogP contribution in [0.15, 0.2) is 140 Å². The molecule has 0 bridgehead atoms. The molecule has 0 atom stereocenters. The van der Waals surface area contributed by atoms with Crippen molar-refractivity contribution in [3.05, 3.63) is 140 Å². The molecule has 0 saturated heterocycles. The Hall–Kier alpha value is -5.80. The monoisotopic (exact) mass is 545 g/mol. The Kier molecular flexibility index (Phi) is 4.45. The molecule has 0 aliphatic heterocycles. The van der Waals surface area contributed by atoms with E-state index in [-0.39, 0.29) is 0 Å². The Labute approximate surface area is 247 Å². The summed E-state index contributed by atoms with van der Waals surface area (Å²) in [6.45, 7) is 0. The van der Waals surface area contributed by atoms with Gasteiger partial charge < -0.3 is 0 Å². The van der Waals surface area contributed by atoms with Crippen molar-refractivity contribution in [2.45, 2.75) is 0 Å². The normalized spacial score (nSPS) is 12.2. The molecule has 1 aliphatic carbocycles. The largest absolute Gasteiger partial charge is 0.277 e. The average molecular weight is 546 g/mol. The van der Waals surface area contributed by atoms with Crippen LogP contribution in [0.1, 0.15) is 0 Å². The number of para-hydroxylation sites is 1. The Morgan fingerprint density at radius 3 is 2.02 bits per heavy atom. The summed E-state index contributed by atoms with van der Waals surface area (Å²) < 4.78 is 2.31. The third-order valence-electron chi connectivity index (χ3n) is 9.12. The Balaban J connectivity index is 1.44. The first-order valence-electron chi connectivity index (χ1n) is 14.7. The number of rotatable bonds is 2. The zero-order chi connectivity index (χ0) is 28.1. The first kappa shape index (κ1) is 22.8. The minimum Gasteiger partial charge on any atom is -0.277 e. The summed E-state index contributed by atoms with van der Waals surface area (Å²) in [7, 11) is 0. The second-order valence-corrected chi connectivity index (χ2v) is 11.4. The maximum atomic E-state index is 5.35. The number of benzene rings is 7. The van der Waals surface area contributed by atoms with Gasteiger partial charge in [0.15, 0.2) is 0 Å². The number of hydrogen-bond donors (Lipinski definition) is 0. The van der Waals surface area contributed by atoms with Crippen LogP contribution in [0.4, 0.5) is 0 Å². The summed E-state index contributed by atoms with van der Waals surface area (Å²) in [5.74, 6) is 0.684. The third-order valence-corrected chi connectivity index (χ3v) is 9.12. The van der Waals surface area contributed by atoms with E-state index in [1.54, 1.807) is 0 Å². The summed E-state index contributed by atoms with van der Waals surface area (Å²) in [5.41, 5.74) is 10.4. The van der Waals surface area contributed by atoms with Crippen LogP contribution in [-0.2, 0) is 0 Å². The molecule has 1 aliphatic rings. The molecule has 0 spiro atoms. The molecule has 10 rings (SSSR count). The Morgan fingerprint density at radius 2 is 1.14 bits per heavy atom. The topological polar surface area (TPSA) is 30.7 Å². The second-order valence-electron chi connectivity index (χ2n) is 11.4. The molecular formula is C40H23N3. The van der Waals surface area contributed by atoms with Crippen molar-refractivity contribution >= 4 is 54.3 Å². The van der Waals surface area contributed by atoms with Crippen molar-refractivity contribution in [2.75, 3.05) is 0 Å². The lowest BCUT2D eigenvalue weighted by molar-refractivity contribution is 1.02. The van der Waals surface area contributed by atoms with Crippen molar-refractivity contribution in [3.63, 3.8) is 0 Å². The first-order chi connectivity index (χ1) is 21.3. The third kappa shape index (κ3) is 3.03. The van der Waals surface area contributed by atoms with Crippen LogP contribution in [0, 0.1) is 0 Å². The fourth-order valence-electron chi connectivity index (χ4n) is 7.33. The molecule has 0 radical (unpaired) electrons. The molecule has 2 aromatic heterocycles. The van der Waals surface area contributed by atoms with E-state index >= 15 is 0 Å². The van der Waals surface area contributed by atoms with E-state index in [2.05, 4.69) is 138 Å². The maximum absolute atomic E-state index is 5.35. The standard InChI is InChI=1S/C40H23N3/c1-2-12-25(13-3-1)38-30-17-8-9-20-34(30)41-40(42-38)43-35-22-21-24-11-4-5-14-26(24)37(35)33-23-32-28-16-7-6-15-27(28)29-18-10-19-31(36(29)32)39(33)43/h1-23H. The molecular weight excluding hydrogens is 522 g/mol. The first-order valence-corrected chi connectivity index (χ1v) is 14.7. The van der Waals surface area contributed by atoms with Crippen LogP contribution < -0.4 is 0 Å². The number of fused-ring (bicyclic) bond motifs is 10. The fraction of sp³-hybridized carbons (Fsp3) is 0. The molecule has 0 amide bonds. The van der Waals surface area contributed by atoms with Gasteiger partial charge in [-0.05, 0) is 56.6 Å². The van der Waals surface area contributed by atoms with Gasteiger partial charge in [-0.3, -0.25) is 4.57 Å². The minimum atomic E-state index is 0.684. The van der Waals surface area contributed by atoms with Crippen LogP contribution in [0.3, 0.4) is 0 Å².